The zero-order valence-corrected chi connectivity index (χ0v) is 11.5. The number of ether oxygens (including phenoxy) is 2. The lowest BCUT2D eigenvalue weighted by Crippen LogP contribution is -2.10. The first-order chi connectivity index (χ1) is 10.1. The number of hydrogen-bond donors (Lipinski definition) is 2. The predicted molar refractivity (Wildman–Crippen MR) is 78.9 cm³/mol. The summed E-state index contributed by atoms with van der Waals surface area (Å²) in [5, 5.41) is 9.30. The Kier molecular flexibility index (Phi) is 5.04. The van der Waals surface area contributed by atoms with E-state index in [1.54, 1.807) is 36.4 Å². The summed E-state index contributed by atoms with van der Waals surface area (Å²) in [4.78, 5) is 11.6. The van der Waals surface area contributed by atoms with E-state index in [1.165, 1.54) is 0 Å². The van der Waals surface area contributed by atoms with Gasteiger partial charge in [-0.25, -0.2) is 0 Å². The molecule has 0 radical (unpaired) electrons. The summed E-state index contributed by atoms with van der Waals surface area (Å²) < 4.78 is 10.5. The van der Waals surface area contributed by atoms with Gasteiger partial charge < -0.3 is 20.3 Å². The zero-order chi connectivity index (χ0) is 15.1. The number of aromatic hydroxyl groups is 1. The molecule has 110 valence electrons. The van der Waals surface area contributed by atoms with Crippen LogP contribution in [0.1, 0.15) is 12.0 Å². The van der Waals surface area contributed by atoms with Gasteiger partial charge >= 0.3 is 5.97 Å². The highest BCUT2D eigenvalue weighted by Crippen LogP contribution is 2.19. The van der Waals surface area contributed by atoms with Crippen molar-refractivity contribution in [3.05, 3.63) is 54.1 Å². The molecule has 0 aliphatic heterocycles. The minimum atomic E-state index is -0.368. The number of nitrogen functional groups attached to an aromatic ring is 1. The Morgan fingerprint density at radius 3 is 2.71 bits per heavy atom. The summed E-state index contributed by atoms with van der Waals surface area (Å²) >= 11 is 0. The Bertz CT molecular complexity index is 613. The smallest absolute Gasteiger partial charge is 0.309 e. The van der Waals surface area contributed by atoms with Crippen LogP contribution in [0.4, 0.5) is 5.69 Å². The van der Waals surface area contributed by atoms with Crippen molar-refractivity contribution in [1.29, 1.82) is 0 Å². The number of hydrogen-bond acceptors (Lipinski definition) is 5. The molecule has 0 unspecified atom stereocenters. The van der Waals surface area contributed by atoms with Crippen molar-refractivity contribution in [3.63, 3.8) is 0 Å². The van der Waals surface area contributed by atoms with Crippen LogP contribution in [0.2, 0.25) is 0 Å². The van der Waals surface area contributed by atoms with E-state index >= 15 is 0 Å². The second-order valence-corrected chi connectivity index (χ2v) is 4.47. The van der Waals surface area contributed by atoms with E-state index in [0.717, 1.165) is 5.56 Å². The van der Waals surface area contributed by atoms with Crippen molar-refractivity contribution in [1.82, 2.24) is 0 Å². The molecule has 0 heterocycles. The number of nitrogens with two attached hydrogens (primary N) is 1. The summed E-state index contributed by atoms with van der Waals surface area (Å²) in [5.74, 6) is 0.331. The average molecular weight is 287 g/mol. The van der Waals surface area contributed by atoms with Crippen molar-refractivity contribution in [2.24, 2.45) is 0 Å². The molecule has 5 nitrogen and oxygen atoms in total. The van der Waals surface area contributed by atoms with E-state index < -0.39 is 0 Å². The molecule has 0 saturated carbocycles. The first kappa shape index (κ1) is 14.7. The molecular formula is C16H17NO4. The van der Waals surface area contributed by atoms with Crippen LogP contribution in [0, 0.1) is 0 Å². The lowest BCUT2D eigenvalue weighted by atomic mass is 10.2. The SMILES string of the molecule is Nc1ccccc1OCCC(=O)OCc1cccc(O)c1. The van der Waals surface area contributed by atoms with Crippen LogP contribution in [-0.4, -0.2) is 17.7 Å². The predicted octanol–water partition coefficient (Wildman–Crippen LogP) is 2.49. The summed E-state index contributed by atoms with van der Waals surface area (Å²) in [6.07, 6.45) is 0.132. The quantitative estimate of drug-likeness (QED) is 0.630. The minimum Gasteiger partial charge on any atom is -0.508 e. The first-order valence-electron chi connectivity index (χ1n) is 6.56. The number of carbonyl (C=O) groups is 1. The van der Waals surface area contributed by atoms with E-state index in [0.29, 0.717) is 11.4 Å². The van der Waals surface area contributed by atoms with Crippen LogP contribution >= 0.6 is 0 Å². The zero-order valence-electron chi connectivity index (χ0n) is 11.5. The van der Waals surface area contributed by atoms with Crippen LogP contribution in [0.15, 0.2) is 48.5 Å². The highest BCUT2D eigenvalue weighted by Gasteiger charge is 2.05. The van der Waals surface area contributed by atoms with E-state index in [-0.39, 0.29) is 31.4 Å². The van der Waals surface area contributed by atoms with Crippen LogP contribution in [0.5, 0.6) is 11.5 Å². The minimum absolute atomic E-state index is 0.126. The highest BCUT2D eigenvalue weighted by atomic mass is 16.5. The molecule has 0 aromatic heterocycles. The summed E-state index contributed by atoms with van der Waals surface area (Å²) in [6, 6.07) is 13.7. The molecule has 0 spiro atoms. The maximum absolute atomic E-state index is 11.6. The molecule has 2 rings (SSSR count). The summed E-state index contributed by atoms with van der Waals surface area (Å²) in [6.45, 7) is 0.327. The van der Waals surface area contributed by atoms with Gasteiger partial charge in [0.2, 0.25) is 0 Å². The number of benzene rings is 2. The molecule has 0 saturated heterocycles. The van der Waals surface area contributed by atoms with Crippen molar-refractivity contribution in [3.8, 4) is 11.5 Å². The van der Waals surface area contributed by atoms with Gasteiger partial charge in [-0.15, -0.1) is 0 Å². The molecule has 2 aromatic rings. The number of phenols is 1. The van der Waals surface area contributed by atoms with Gasteiger partial charge in [0.15, 0.2) is 0 Å². The maximum atomic E-state index is 11.6. The molecule has 0 bridgehead atoms. The van der Waals surface area contributed by atoms with Gasteiger partial charge in [0.25, 0.3) is 0 Å². The molecule has 2 aromatic carbocycles. The third-order valence-corrected chi connectivity index (χ3v) is 2.79. The normalized spacial score (nSPS) is 10.1. The van der Waals surface area contributed by atoms with Gasteiger partial charge in [-0.1, -0.05) is 24.3 Å². The third kappa shape index (κ3) is 4.72. The second kappa shape index (κ2) is 7.19. The largest absolute Gasteiger partial charge is 0.508 e. The van der Waals surface area contributed by atoms with Gasteiger partial charge in [-0.05, 0) is 29.8 Å². The fourth-order valence-corrected chi connectivity index (χ4v) is 1.74. The average Bonchev–Trinajstić information content (AvgIpc) is 2.47. The maximum Gasteiger partial charge on any atom is 0.309 e. The van der Waals surface area contributed by atoms with Crippen LogP contribution in [-0.2, 0) is 16.1 Å². The molecule has 0 fully saturated rings. The van der Waals surface area contributed by atoms with Gasteiger partial charge in [0.1, 0.15) is 18.1 Å². The topological polar surface area (TPSA) is 81.8 Å². The molecule has 0 aliphatic carbocycles. The number of para-hydroxylation sites is 2. The van der Waals surface area contributed by atoms with E-state index in [4.69, 9.17) is 15.2 Å². The molecule has 5 heteroatoms. The Hall–Kier alpha value is -2.69. The Morgan fingerprint density at radius 1 is 1.14 bits per heavy atom. The van der Waals surface area contributed by atoms with E-state index in [2.05, 4.69) is 0 Å². The van der Waals surface area contributed by atoms with Crippen LogP contribution in [0.25, 0.3) is 0 Å². The number of phenolic OH excluding ortho intramolecular Hbond substituents is 1. The monoisotopic (exact) mass is 287 g/mol. The molecular weight excluding hydrogens is 270 g/mol. The lowest BCUT2D eigenvalue weighted by molar-refractivity contribution is -0.145. The number of anilines is 1. The van der Waals surface area contributed by atoms with Crippen molar-refractivity contribution < 1.29 is 19.4 Å². The standard InChI is InChI=1S/C16H17NO4/c17-14-6-1-2-7-15(14)20-9-8-16(19)21-11-12-4-3-5-13(18)10-12/h1-7,10,18H,8-9,11,17H2. The van der Waals surface area contributed by atoms with Crippen LogP contribution in [0.3, 0.4) is 0 Å². The number of esters is 1. The van der Waals surface area contributed by atoms with Crippen molar-refractivity contribution >= 4 is 11.7 Å². The van der Waals surface area contributed by atoms with E-state index in [1.807, 2.05) is 12.1 Å². The van der Waals surface area contributed by atoms with Gasteiger partial charge in [-0.2, -0.15) is 0 Å². The highest BCUT2D eigenvalue weighted by molar-refractivity contribution is 5.69. The Morgan fingerprint density at radius 2 is 1.95 bits per heavy atom. The van der Waals surface area contributed by atoms with Gasteiger partial charge in [0.05, 0.1) is 18.7 Å². The van der Waals surface area contributed by atoms with Crippen molar-refractivity contribution in [2.45, 2.75) is 13.0 Å². The Labute approximate surface area is 122 Å². The third-order valence-electron chi connectivity index (χ3n) is 2.79. The van der Waals surface area contributed by atoms with Gasteiger partial charge in [0, 0.05) is 0 Å². The molecule has 0 aliphatic rings. The van der Waals surface area contributed by atoms with Crippen LogP contribution < -0.4 is 10.5 Å². The fraction of sp³-hybridized carbons (Fsp3) is 0.188. The molecule has 0 atom stereocenters. The first-order valence-corrected chi connectivity index (χ1v) is 6.56. The summed E-state index contributed by atoms with van der Waals surface area (Å²) in [5.41, 5.74) is 6.99. The molecule has 0 amide bonds. The molecule has 3 N–H and O–H groups in total. The van der Waals surface area contributed by atoms with E-state index in [9.17, 15) is 9.90 Å². The van der Waals surface area contributed by atoms with Crippen molar-refractivity contribution in [2.75, 3.05) is 12.3 Å². The number of carbonyl (C=O) groups excluding carboxylic acids is 1. The fourth-order valence-electron chi connectivity index (χ4n) is 1.74. The van der Waals surface area contributed by atoms with Gasteiger partial charge in [-0.3, -0.25) is 4.79 Å². The number of rotatable bonds is 6. The Balaban J connectivity index is 1.72. The molecule has 21 heavy (non-hydrogen) atoms. The lowest BCUT2D eigenvalue weighted by Gasteiger charge is -2.08. The summed E-state index contributed by atoms with van der Waals surface area (Å²) in [7, 11) is 0. The second-order valence-electron chi connectivity index (χ2n) is 4.47.